The van der Waals surface area contributed by atoms with E-state index in [1.165, 1.54) is 25.3 Å². The highest BCUT2D eigenvalue weighted by atomic mass is 16.5. The summed E-state index contributed by atoms with van der Waals surface area (Å²) in [7, 11) is 1.27. The fraction of sp³-hybridized carbons (Fsp3) is 0.130. The van der Waals surface area contributed by atoms with Gasteiger partial charge in [0.15, 0.2) is 16.9 Å². The molecule has 31 heavy (non-hydrogen) atoms. The number of phenols is 3. The lowest BCUT2D eigenvalue weighted by atomic mass is 9.98. The number of benzene rings is 2. The van der Waals surface area contributed by atoms with E-state index < -0.39 is 11.2 Å². The number of H-pyrrole nitrogens is 1. The molecule has 0 radical (unpaired) electrons. The molecule has 0 spiro atoms. The number of nitrogens with one attached hydrogen (secondary N) is 1. The van der Waals surface area contributed by atoms with Crippen molar-refractivity contribution in [2.75, 3.05) is 7.11 Å². The molecule has 0 saturated carbocycles. The molecule has 0 aliphatic rings. The highest BCUT2D eigenvalue weighted by molar-refractivity contribution is 5.93. The Bertz CT molecular complexity index is 1330. The molecule has 4 N–H and O–H groups in total. The first-order valence-corrected chi connectivity index (χ1v) is 9.40. The van der Waals surface area contributed by atoms with Gasteiger partial charge in [0, 0.05) is 42.4 Å². The number of aromatic amines is 1. The van der Waals surface area contributed by atoms with Crippen LogP contribution in [0.2, 0.25) is 0 Å². The molecule has 0 fully saturated rings. The average Bonchev–Trinajstić information content (AvgIpc) is 3.18. The minimum absolute atomic E-state index is 0.00429. The Hall–Kier alpha value is -4.20. The molecule has 0 aliphatic heterocycles. The minimum Gasteiger partial charge on any atom is -0.508 e. The molecule has 0 aliphatic carbocycles. The van der Waals surface area contributed by atoms with Crippen LogP contribution in [0.15, 0.2) is 51.9 Å². The van der Waals surface area contributed by atoms with Crippen molar-refractivity contribution in [1.82, 2.24) is 4.98 Å². The number of ether oxygens (including phenoxy) is 1. The van der Waals surface area contributed by atoms with E-state index in [0.717, 1.165) is 11.8 Å². The monoisotopic (exact) mass is 421 g/mol. The molecule has 0 amide bonds. The lowest BCUT2D eigenvalue weighted by molar-refractivity contribution is -0.107. The van der Waals surface area contributed by atoms with Crippen LogP contribution in [0, 0.1) is 0 Å². The summed E-state index contributed by atoms with van der Waals surface area (Å²) in [6.45, 7) is 0. The SMILES string of the molecule is COc1c(O)c(Cc2c[nH]cc2CC=O)c2oc(-c3ccc(O)cc3)cc(=O)c2c1O. The number of aromatic nitrogens is 1. The van der Waals surface area contributed by atoms with Gasteiger partial charge >= 0.3 is 0 Å². The quantitative estimate of drug-likeness (QED) is 0.351. The highest BCUT2D eigenvalue weighted by Gasteiger charge is 2.25. The first kappa shape index (κ1) is 20.1. The Balaban J connectivity index is 2.00. The van der Waals surface area contributed by atoms with E-state index in [4.69, 9.17) is 9.15 Å². The minimum atomic E-state index is -0.524. The normalized spacial score (nSPS) is 11.0. The van der Waals surface area contributed by atoms with E-state index >= 15 is 0 Å². The lowest BCUT2D eigenvalue weighted by Gasteiger charge is -2.15. The molecule has 0 saturated heterocycles. The molecular formula is C23H19NO7. The van der Waals surface area contributed by atoms with Gasteiger partial charge in [0.2, 0.25) is 5.75 Å². The number of aldehydes is 1. The van der Waals surface area contributed by atoms with Gasteiger partial charge in [0.25, 0.3) is 0 Å². The highest BCUT2D eigenvalue weighted by Crippen LogP contribution is 2.46. The molecule has 0 unspecified atom stereocenters. The number of carbonyl (C=O) groups is 1. The Labute approximate surface area is 176 Å². The third-order valence-corrected chi connectivity index (χ3v) is 5.13. The molecular weight excluding hydrogens is 402 g/mol. The van der Waals surface area contributed by atoms with Crippen LogP contribution in [-0.2, 0) is 17.6 Å². The van der Waals surface area contributed by atoms with E-state index in [-0.39, 0.29) is 52.4 Å². The molecule has 2 heterocycles. The van der Waals surface area contributed by atoms with Crippen molar-refractivity contribution in [1.29, 1.82) is 0 Å². The predicted octanol–water partition coefficient (Wildman–Crippen LogP) is 3.25. The zero-order valence-corrected chi connectivity index (χ0v) is 16.5. The molecule has 158 valence electrons. The molecule has 4 aromatic rings. The van der Waals surface area contributed by atoms with Gasteiger partial charge in [0.1, 0.15) is 28.8 Å². The van der Waals surface area contributed by atoms with Crippen molar-refractivity contribution in [2.45, 2.75) is 12.8 Å². The van der Waals surface area contributed by atoms with Crippen LogP contribution in [0.1, 0.15) is 16.7 Å². The van der Waals surface area contributed by atoms with Gasteiger partial charge < -0.3 is 34.3 Å². The van der Waals surface area contributed by atoms with E-state index in [0.29, 0.717) is 11.1 Å². The second-order valence-corrected chi connectivity index (χ2v) is 6.99. The summed E-state index contributed by atoms with van der Waals surface area (Å²) in [5.74, 6) is -0.865. The van der Waals surface area contributed by atoms with E-state index in [1.54, 1.807) is 24.5 Å². The number of hydrogen-bond acceptors (Lipinski definition) is 7. The van der Waals surface area contributed by atoms with Crippen molar-refractivity contribution in [3.63, 3.8) is 0 Å². The zero-order chi connectivity index (χ0) is 22.1. The largest absolute Gasteiger partial charge is 0.508 e. The Morgan fingerprint density at radius 1 is 1.06 bits per heavy atom. The summed E-state index contributed by atoms with van der Waals surface area (Å²) < 4.78 is 11.1. The standard InChI is InChI=1S/C23H19NO7/c1-30-23-20(28)16(8-14-11-24-10-13(14)6-7-25)22-19(21(23)29)17(27)9-18(31-22)12-2-4-15(26)5-3-12/h2-5,7,9-11,24,26,28-29H,6,8H2,1H3. The third-order valence-electron chi connectivity index (χ3n) is 5.13. The second-order valence-electron chi connectivity index (χ2n) is 6.99. The summed E-state index contributed by atoms with van der Waals surface area (Å²) >= 11 is 0. The molecule has 0 atom stereocenters. The van der Waals surface area contributed by atoms with Crippen LogP contribution in [-0.4, -0.2) is 33.7 Å². The van der Waals surface area contributed by atoms with Crippen LogP contribution < -0.4 is 10.2 Å². The number of aromatic hydroxyl groups is 3. The maximum absolute atomic E-state index is 12.9. The van der Waals surface area contributed by atoms with Crippen molar-refractivity contribution < 1.29 is 29.3 Å². The maximum Gasteiger partial charge on any atom is 0.204 e. The predicted molar refractivity (Wildman–Crippen MR) is 113 cm³/mol. The van der Waals surface area contributed by atoms with Crippen molar-refractivity contribution in [3.8, 4) is 34.3 Å². The molecule has 4 rings (SSSR count). The van der Waals surface area contributed by atoms with Gasteiger partial charge in [-0.1, -0.05) is 0 Å². The van der Waals surface area contributed by atoms with E-state index in [2.05, 4.69) is 4.98 Å². The number of methoxy groups -OCH3 is 1. The van der Waals surface area contributed by atoms with Gasteiger partial charge in [-0.25, -0.2) is 0 Å². The lowest BCUT2D eigenvalue weighted by Crippen LogP contribution is -2.05. The molecule has 2 aromatic carbocycles. The van der Waals surface area contributed by atoms with Gasteiger partial charge in [-0.05, 0) is 35.4 Å². The summed E-state index contributed by atoms with van der Waals surface area (Å²) in [4.78, 5) is 26.8. The van der Waals surface area contributed by atoms with Crippen LogP contribution >= 0.6 is 0 Å². The van der Waals surface area contributed by atoms with Gasteiger partial charge in [-0.15, -0.1) is 0 Å². The van der Waals surface area contributed by atoms with E-state index in [9.17, 15) is 24.9 Å². The second kappa shape index (κ2) is 7.91. The number of rotatable bonds is 6. The summed E-state index contributed by atoms with van der Waals surface area (Å²) in [5.41, 5.74) is 1.68. The fourth-order valence-corrected chi connectivity index (χ4v) is 3.59. The Morgan fingerprint density at radius 3 is 2.45 bits per heavy atom. The van der Waals surface area contributed by atoms with Gasteiger partial charge in [-0.3, -0.25) is 4.79 Å². The van der Waals surface area contributed by atoms with Gasteiger partial charge in [-0.2, -0.15) is 0 Å². The number of phenolic OH excluding ortho intramolecular Hbond substituents is 3. The Morgan fingerprint density at radius 2 is 1.77 bits per heavy atom. The number of hydrogen-bond donors (Lipinski definition) is 4. The van der Waals surface area contributed by atoms with Crippen molar-refractivity contribution in [2.24, 2.45) is 0 Å². The molecule has 8 heteroatoms. The van der Waals surface area contributed by atoms with Crippen LogP contribution in [0.3, 0.4) is 0 Å². The average molecular weight is 421 g/mol. The number of fused-ring (bicyclic) bond motifs is 1. The fourth-order valence-electron chi connectivity index (χ4n) is 3.59. The molecule has 0 bridgehead atoms. The smallest absolute Gasteiger partial charge is 0.204 e. The first-order chi connectivity index (χ1) is 14.9. The third kappa shape index (κ3) is 3.48. The van der Waals surface area contributed by atoms with E-state index in [1.807, 2.05) is 0 Å². The van der Waals surface area contributed by atoms with Crippen LogP contribution in [0.4, 0.5) is 0 Å². The van der Waals surface area contributed by atoms with Crippen LogP contribution in [0.25, 0.3) is 22.3 Å². The zero-order valence-electron chi connectivity index (χ0n) is 16.5. The summed E-state index contributed by atoms with van der Waals surface area (Å²) in [6, 6.07) is 7.29. The van der Waals surface area contributed by atoms with Gasteiger partial charge in [0.05, 0.1) is 7.11 Å². The van der Waals surface area contributed by atoms with Crippen molar-refractivity contribution in [3.05, 3.63) is 69.6 Å². The number of carbonyl (C=O) groups excluding carboxylic acids is 1. The Kier molecular flexibility index (Phi) is 5.12. The van der Waals surface area contributed by atoms with Crippen molar-refractivity contribution >= 4 is 17.3 Å². The first-order valence-electron chi connectivity index (χ1n) is 9.40. The molecule has 2 aromatic heterocycles. The summed E-state index contributed by atoms with van der Waals surface area (Å²) in [5, 5.41) is 30.8. The topological polar surface area (TPSA) is 133 Å². The summed E-state index contributed by atoms with van der Waals surface area (Å²) in [6.07, 6.45) is 4.43. The maximum atomic E-state index is 12.9. The van der Waals surface area contributed by atoms with Crippen LogP contribution in [0.5, 0.6) is 23.0 Å². The molecule has 8 nitrogen and oxygen atoms in total.